The molecule has 2 aromatic carbocycles. The van der Waals surface area contributed by atoms with E-state index < -0.39 is 23.8 Å². The molecule has 0 aromatic heterocycles. The van der Waals surface area contributed by atoms with Gasteiger partial charge in [0.15, 0.2) is 0 Å². The molecule has 2 atom stereocenters. The van der Waals surface area contributed by atoms with Gasteiger partial charge in [-0.3, -0.25) is 19.4 Å². The molecule has 1 saturated carbocycles. The lowest BCUT2D eigenvalue weighted by Crippen LogP contribution is -2.43. The van der Waals surface area contributed by atoms with Crippen LogP contribution in [-0.4, -0.2) is 73.1 Å². The number of benzene rings is 2. The standard InChI is InChI=1S/C27H30N6O4/c1-32(27(36)17-10-18(14-30-20-8-9-20)25(29)23(12-17)37-2)16-24(34)33-15-19(11-22(33)13-28)26(35)31-21-6-4-3-5-7-21/h3-7,10,12,14,19-20,22H,8-9,11,15-16,29H2,1-2H3,(H,31,35). The van der Waals surface area contributed by atoms with E-state index in [0.29, 0.717) is 28.3 Å². The summed E-state index contributed by atoms with van der Waals surface area (Å²) in [6, 6.07) is 13.8. The number of anilines is 2. The molecule has 0 bridgehead atoms. The van der Waals surface area contributed by atoms with Crippen molar-refractivity contribution in [2.75, 3.05) is 38.3 Å². The second-order valence-corrected chi connectivity index (χ2v) is 9.33. The van der Waals surface area contributed by atoms with Crippen LogP contribution in [0.1, 0.15) is 35.2 Å². The molecule has 1 saturated heterocycles. The van der Waals surface area contributed by atoms with Crippen LogP contribution in [0.2, 0.25) is 0 Å². The van der Waals surface area contributed by atoms with Crippen LogP contribution in [0.15, 0.2) is 47.5 Å². The number of nitrogens with zero attached hydrogens (tertiary/aromatic N) is 4. The molecule has 2 aliphatic rings. The highest BCUT2D eigenvalue weighted by molar-refractivity contribution is 6.01. The van der Waals surface area contributed by atoms with Crippen LogP contribution < -0.4 is 15.8 Å². The summed E-state index contributed by atoms with van der Waals surface area (Å²) < 4.78 is 5.34. The quantitative estimate of drug-likeness (QED) is 0.419. The lowest BCUT2D eigenvalue weighted by molar-refractivity contribution is -0.131. The number of hydrogen-bond acceptors (Lipinski definition) is 7. The first-order valence-corrected chi connectivity index (χ1v) is 12.1. The monoisotopic (exact) mass is 502 g/mol. The molecule has 0 spiro atoms. The molecule has 2 fully saturated rings. The molecule has 2 unspecified atom stereocenters. The predicted octanol–water partition coefficient (Wildman–Crippen LogP) is 2.31. The topological polar surface area (TPSA) is 141 Å². The fourth-order valence-electron chi connectivity index (χ4n) is 4.23. The van der Waals surface area contributed by atoms with Crippen molar-refractivity contribution in [2.24, 2.45) is 10.9 Å². The fourth-order valence-corrected chi connectivity index (χ4v) is 4.23. The predicted molar refractivity (Wildman–Crippen MR) is 139 cm³/mol. The molecule has 10 nitrogen and oxygen atoms in total. The summed E-state index contributed by atoms with van der Waals surface area (Å²) in [4.78, 5) is 46.1. The number of nitriles is 1. The number of rotatable bonds is 8. The summed E-state index contributed by atoms with van der Waals surface area (Å²) in [5, 5.41) is 12.4. The van der Waals surface area contributed by atoms with Crippen molar-refractivity contribution in [3.05, 3.63) is 53.6 Å². The third kappa shape index (κ3) is 6.06. The maximum absolute atomic E-state index is 13.2. The van der Waals surface area contributed by atoms with Gasteiger partial charge in [0.05, 0.1) is 37.4 Å². The summed E-state index contributed by atoms with van der Waals surface area (Å²) in [6.07, 6.45) is 3.95. The molecule has 3 N–H and O–H groups in total. The van der Waals surface area contributed by atoms with Crippen LogP contribution in [0.4, 0.5) is 11.4 Å². The highest BCUT2D eigenvalue weighted by Crippen LogP contribution is 2.29. The number of carbonyl (C=O) groups excluding carboxylic acids is 3. The third-order valence-electron chi connectivity index (χ3n) is 6.51. The Labute approximate surface area is 215 Å². The SMILES string of the molecule is COc1cc(C(=O)N(C)CC(=O)N2CC(C(=O)Nc3ccccc3)CC2C#N)cc(C=NC2CC2)c1N. The van der Waals surface area contributed by atoms with Gasteiger partial charge in [-0.05, 0) is 43.5 Å². The molecule has 2 aromatic rings. The minimum absolute atomic E-state index is 0.106. The largest absolute Gasteiger partial charge is 0.495 e. The van der Waals surface area contributed by atoms with Crippen LogP contribution in [-0.2, 0) is 9.59 Å². The molecule has 1 heterocycles. The number of ether oxygens (including phenoxy) is 1. The van der Waals surface area contributed by atoms with E-state index in [1.54, 1.807) is 24.4 Å². The number of nitrogens with one attached hydrogen (secondary N) is 1. The molecule has 10 heteroatoms. The van der Waals surface area contributed by atoms with Crippen molar-refractivity contribution in [3.63, 3.8) is 0 Å². The highest BCUT2D eigenvalue weighted by Gasteiger charge is 2.39. The lowest BCUT2D eigenvalue weighted by Gasteiger charge is -2.24. The minimum Gasteiger partial charge on any atom is -0.495 e. The van der Waals surface area contributed by atoms with Gasteiger partial charge >= 0.3 is 0 Å². The second-order valence-electron chi connectivity index (χ2n) is 9.33. The maximum Gasteiger partial charge on any atom is 0.254 e. The Hall–Kier alpha value is -4.39. The number of likely N-dealkylation sites (tertiary alicyclic amines) is 1. The summed E-state index contributed by atoms with van der Waals surface area (Å²) in [5.41, 5.74) is 8.07. The minimum atomic E-state index is -0.746. The number of carbonyl (C=O) groups is 3. The van der Waals surface area contributed by atoms with Crippen LogP contribution in [0, 0.1) is 17.2 Å². The number of hydrogen-bond donors (Lipinski definition) is 2. The average Bonchev–Trinajstić information content (AvgIpc) is 3.63. The molecule has 37 heavy (non-hydrogen) atoms. The van der Waals surface area contributed by atoms with Gasteiger partial charge in [0, 0.05) is 36.6 Å². The van der Waals surface area contributed by atoms with Crippen molar-refractivity contribution in [1.82, 2.24) is 9.80 Å². The van der Waals surface area contributed by atoms with E-state index >= 15 is 0 Å². The molecule has 1 aliphatic carbocycles. The average molecular weight is 503 g/mol. The van der Waals surface area contributed by atoms with Gasteiger partial charge in [0.1, 0.15) is 11.8 Å². The number of likely N-dealkylation sites (N-methyl/N-ethyl adjacent to an activating group) is 1. The number of amides is 3. The van der Waals surface area contributed by atoms with E-state index in [9.17, 15) is 19.6 Å². The van der Waals surface area contributed by atoms with Gasteiger partial charge in [-0.1, -0.05) is 18.2 Å². The van der Waals surface area contributed by atoms with Gasteiger partial charge in [-0.25, -0.2) is 0 Å². The number of para-hydroxylation sites is 1. The molecule has 4 rings (SSSR count). The summed E-state index contributed by atoms with van der Waals surface area (Å²) in [6.45, 7) is -0.141. The van der Waals surface area contributed by atoms with Gasteiger partial charge in [0.2, 0.25) is 11.8 Å². The van der Waals surface area contributed by atoms with E-state index in [2.05, 4.69) is 16.4 Å². The Morgan fingerprint density at radius 3 is 2.65 bits per heavy atom. The first kappa shape index (κ1) is 25.7. The van der Waals surface area contributed by atoms with Crippen molar-refractivity contribution in [1.29, 1.82) is 5.26 Å². The van der Waals surface area contributed by atoms with Crippen LogP contribution >= 0.6 is 0 Å². The number of aliphatic imine (C=N–C) groups is 1. The lowest BCUT2D eigenvalue weighted by atomic mass is 10.1. The Balaban J connectivity index is 1.42. The first-order chi connectivity index (χ1) is 17.8. The van der Waals surface area contributed by atoms with E-state index in [4.69, 9.17) is 10.5 Å². The molecular formula is C27H30N6O4. The van der Waals surface area contributed by atoms with E-state index in [1.807, 2.05) is 18.2 Å². The second kappa shape index (κ2) is 11.1. The zero-order valence-corrected chi connectivity index (χ0v) is 20.9. The van der Waals surface area contributed by atoms with Gasteiger partial charge in [-0.15, -0.1) is 0 Å². The molecule has 0 radical (unpaired) electrons. The van der Waals surface area contributed by atoms with Gasteiger partial charge in [0.25, 0.3) is 5.91 Å². The van der Waals surface area contributed by atoms with Gasteiger partial charge < -0.3 is 25.6 Å². The van der Waals surface area contributed by atoms with E-state index in [1.165, 1.54) is 30.0 Å². The normalized spacial score (nSPS) is 18.9. The molecule has 192 valence electrons. The van der Waals surface area contributed by atoms with Crippen molar-refractivity contribution < 1.29 is 19.1 Å². The number of nitrogens with two attached hydrogens (primary N) is 1. The maximum atomic E-state index is 13.2. The molecular weight excluding hydrogens is 472 g/mol. The van der Waals surface area contributed by atoms with Crippen LogP contribution in [0.3, 0.4) is 0 Å². The number of methoxy groups -OCH3 is 1. The smallest absolute Gasteiger partial charge is 0.254 e. The van der Waals surface area contributed by atoms with E-state index in [0.717, 1.165) is 12.8 Å². The van der Waals surface area contributed by atoms with Crippen molar-refractivity contribution >= 4 is 35.3 Å². The van der Waals surface area contributed by atoms with Crippen LogP contribution in [0.25, 0.3) is 0 Å². The third-order valence-corrected chi connectivity index (χ3v) is 6.51. The first-order valence-electron chi connectivity index (χ1n) is 12.1. The van der Waals surface area contributed by atoms with Crippen LogP contribution in [0.5, 0.6) is 5.75 Å². The Bertz CT molecular complexity index is 1250. The number of nitrogen functional groups attached to an aromatic ring is 1. The Kier molecular flexibility index (Phi) is 7.72. The zero-order chi connectivity index (χ0) is 26.5. The zero-order valence-electron chi connectivity index (χ0n) is 20.9. The molecule has 3 amide bonds. The Morgan fingerprint density at radius 1 is 1.27 bits per heavy atom. The highest BCUT2D eigenvalue weighted by atomic mass is 16.5. The summed E-state index contributed by atoms with van der Waals surface area (Å²) in [5.74, 6) is -1.24. The van der Waals surface area contributed by atoms with E-state index in [-0.39, 0.29) is 31.5 Å². The Morgan fingerprint density at radius 2 is 2.00 bits per heavy atom. The fraction of sp³-hybridized carbons (Fsp3) is 0.370. The summed E-state index contributed by atoms with van der Waals surface area (Å²) >= 11 is 0. The van der Waals surface area contributed by atoms with Gasteiger partial charge in [-0.2, -0.15) is 5.26 Å². The molecule has 1 aliphatic heterocycles. The van der Waals surface area contributed by atoms with Crippen molar-refractivity contribution in [2.45, 2.75) is 31.3 Å². The summed E-state index contributed by atoms with van der Waals surface area (Å²) in [7, 11) is 2.98. The van der Waals surface area contributed by atoms with Crippen molar-refractivity contribution in [3.8, 4) is 11.8 Å².